The quantitative estimate of drug-likeness (QED) is 0.362. The van der Waals surface area contributed by atoms with Crippen molar-refractivity contribution in [2.24, 2.45) is 0 Å². The van der Waals surface area contributed by atoms with Crippen LogP contribution in [0.4, 0.5) is 5.69 Å². The molecule has 1 aliphatic rings. The van der Waals surface area contributed by atoms with Crippen LogP contribution in [0, 0.1) is 6.92 Å². The number of nitrogens with zero attached hydrogens (tertiary/aromatic N) is 1. The van der Waals surface area contributed by atoms with E-state index >= 15 is 0 Å². The molecule has 1 heterocycles. The summed E-state index contributed by atoms with van der Waals surface area (Å²) in [6.45, 7) is 1.28. The molecule has 0 spiro atoms. The lowest BCUT2D eigenvalue weighted by molar-refractivity contribution is -0.139. The van der Waals surface area contributed by atoms with Crippen molar-refractivity contribution in [1.29, 1.82) is 0 Å². The first-order chi connectivity index (χ1) is 14.2. The molecule has 0 aromatic heterocycles. The molecule has 2 N–H and O–H groups in total. The molecule has 1 aliphatic heterocycles. The molecule has 30 heavy (non-hydrogen) atoms. The van der Waals surface area contributed by atoms with Crippen molar-refractivity contribution in [3.05, 3.63) is 62.6 Å². The zero-order valence-corrected chi connectivity index (χ0v) is 18.6. The Bertz CT molecular complexity index is 1120. The van der Waals surface area contributed by atoms with E-state index in [0.717, 1.165) is 10.0 Å². The Morgan fingerprint density at radius 2 is 2.03 bits per heavy atom. The molecule has 2 aromatic carbocycles. The van der Waals surface area contributed by atoms with Gasteiger partial charge in [-0.1, -0.05) is 33.6 Å². The van der Waals surface area contributed by atoms with Crippen molar-refractivity contribution in [1.82, 2.24) is 5.32 Å². The van der Waals surface area contributed by atoms with E-state index in [2.05, 4.69) is 21.2 Å². The van der Waals surface area contributed by atoms with Crippen LogP contribution in [0.2, 0.25) is 5.02 Å². The van der Waals surface area contributed by atoms with Gasteiger partial charge in [0.25, 0.3) is 11.8 Å². The number of hydrogen-bond donors (Lipinski definition) is 2. The van der Waals surface area contributed by atoms with Crippen LogP contribution in [0.25, 0.3) is 6.08 Å². The SMILES string of the molecule is Cc1cc(Br)ccc1N1C(=O)/C(=C/c2ccc(OCC(=O)O)c(Cl)c2)C(=O)NC1=S. The largest absolute Gasteiger partial charge is 0.480 e. The summed E-state index contributed by atoms with van der Waals surface area (Å²) in [6.07, 6.45) is 1.38. The van der Waals surface area contributed by atoms with Crippen molar-refractivity contribution >= 4 is 74.4 Å². The highest BCUT2D eigenvalue weighted by atomic mass is 79.9. The van der Waals surface area contributed by atoms with E-state index in [0.29, 0.717) is 11.3 Å². The van der Waals surface area contributed by atoms with Gasteiger partial charge in [0.15, 0.2) is 11.7 Å². The van der Waals surface area contributed by atoms with Crippen molar-refractivity contribution in [3.63, 3.8) is 0 Å². The van der Waals surface area contributed by atoms with E-state index < -0.39 is 24.4 Å². The Morgan fingerprint density at radius 1 is 1.30 bits per heavy atom. The maximum atomic E-state index is 13.1. The van der Waals surface area contributed by atoms with Crippen LogP contribution in [-0.4, -0.2) is 34.6 Å². The van der Waals surface area contributed by atoms with Gasteiger partial charge in [-0.25, -0.2) is 4.79 Å². The fourth-order valence-corrected chi connectivity index (χ4v) is 3.77. The number of carbonyl (C=O) groups is 3. The lowest BCUT2D eigenvalue weighted by atomic mass is 10.1. The maximum Gasteiger partial charge on any atom is 0.341 e. The Morgan fingerprint density at radius 3 is 2.67 bits per heavy atom. The van der Waals surface area contributed by atoms with E-state index in [-0.39, 0.29) is 21.5 Å². The van der Waals surface area contributed by atoms with Gasteiger partial charge in [0.2, 0.25) is 0 Å². The van der Waals surface area contributed by atoms with Gasteiger partial charge in [0.1, 0.15) is 11.3 Å². The second-order valence-corrected chi connectivity index (χ2v) is 7.97. The van der Waals surface area contributed by atoms with Crippen molar-refractivity contribution < 1.29 is 24.2 Å². The lowest BCUT2D eigenvalue weighted by Gasteiger charge is -2.30. The van der Waals surface area contributed by atoms with Crippen LogP contribution < -0.4 is 15.0 Å². The Balaban J connectivity index is 1.94. The first-order valence-corrected chi connectivity index (χ1v) is 10.1. The minimum atomic E-state index is -1.14. The minimum absolute atomic E-state index is 0.0111. The molecule has 0 atom stereocenters. The van der Waals surface area contributed by atoms with Crippen LogP contribution in [0.1, 0.15) is 11.1 Å². The highest BCUT2D eigenvalue weighted by Gasteiger charge is 2.35. The molecule has 0 aliphatic carbocycles. The number of benzene rings is 2. The fraction of sp³-hybridized carbons (Fsp3) is 0.100. The van der Waals surface area contributed by atoms with Crippen LogP contribution >= 0.6 is 39.7 Å². The number of rotatable bonds is 5. The monoisotopic (exact) mass is 508 g/mol. The number of carbonyl (C=O) groups excluding carboxylic acids is 2. The predicted molar refractivity (Wildman–Crippen MR) is 120 cm³/mol. The molecule has 0 saturated carbocycles. The van der Waals surface area contributed by atoms with Crippen LogP contribution in [0.3, 0.4) is 0 Å². The van der Waals surface area contributed by atoms with E-state index in [4.69, 9.17) is 33.7 Å². The second kappa shape index (κ2) is 8.95. The zero-order chi connectivity index (χ0) is 22.0. The third-order valence-corrected chi connectivity index (χ3v) is 5.19. The van der Waals surface area contributed by atoms with Gasteiger partial charge in [-0.05, 0) is 66.7 Å². The molecule has 0 unspecified atom stereocenters. The summed E-state index contributed by atoms with van der Waals surface area (Å²) < 4.78 is 5.92. The number of nitrogens with one attached hydrogen (secondary N) is 1. The third kappa shape index (κ3) is 4.69. The smallest absolute Gasteiger partial charge is 0.341 e. The molecular weight excluding hydrogens is 496 g/mol. The Kier molecular flexibility index (Phi) is 6.55. The molecule has 0 radical (unpaired) electrons. The van der Waals surface area contributed by atoms with Gasteiger partial charge in [-0.15, -0.1) is 0 Å². The fourth-order valence-electron chi connectivity index (χ4n) is 2.78. The van der Waals surface area contributed by atoms with Gasteiger partial charge in [-0.2, -0.15) is 0 Å². The number of ether oxygens (including phenoxy) is 1. The first kappa shape index (κ1) is 21.9. The normalized spacial score (nSPS) is 15.4. The molecule has 2 aromatic rings. The zero-order valence-electron chi connectivity index (χ0n) is 15.4. The van der Waals surface area contributed by atoms with Gasteiger partial charge in [0, 0.05) is 4.47 Å². The lowest BCUT2D eigenvalue weighted by Crippen LogP contribution is -2.54. The number of amides is 2. The van der Waals surface area contributed by atoms with Crippen LogP contribution in [0.15, 0.2) is 46.4 Å². The minimum Gasteiger partial charge on any atom is -0.480 e. The Labute approximate surface area is 190 Å². The summed E-state index contributed by atoms with van der Waals surface area (Å²) in [5.41, 5.74) is 1.68. The molecule has 7 nitrogen and oxygen atoms in total. The number of anilines is 1. The molecule has 1 saturated heterocycles. The summed E-state index contributed by atoms with van der Waals surface area (Å²) in [5, 5.41) is 11.3. The topological polar surface area (TPSA) is 95.9 Å². The predicted octanol–water partition coefficient (Wildman–Crippen LogP) is 3.71. The number of carboxylic acids is 1. The van der Waals surface area contributed by atoms with E-state index in [1.807, 2.05) is 13.0 Å². The summed E-state index contributed by atoms with van der Waals surface area (Å²) >= 11 is 14.7. The molecular formula is C20H14BrClN2O5S. The molecule has 2 amide bonds. The second-order valence-electron chi connectivity index (χ2n) is 6.26. The Hall–Kier alpha value is -2.75. The average molecular weight is 510 g/mol. The molecule has 154 valence electrons. The summed E-state index contributed by atoms with van der Waals surface area (Å²) in [7, 11) is 0. The van der Waals surface area contributed by atoms with Gasteiger partial charge >= 0.3 is 5.97 Å². The van der Waals surface area contributed by atoms with Gasteiger partial charge in [-0.3, -0.25) is 19.8 Å². The number of thiocarbonyl (C=S) groups is 1. The number of carboxylic acid groups (broad SMARTS) is 1. The van der Waals surface area contributed by atoms with E-state index in [1.54, 1.807) is 18.2 Å². The summed E-state index contributed by atoms with van der Waals surface area (Å²) in [6, 6.07) is 9.82. The molecule has 3 rings (SSSR count). The number of aliphatic carboxylic acids is 1. The molecule has 1 fully saturated rings. The highest BCUT2D eigenvalue weighted by molar-refractivity contribution is 9.10. The molecule has 10 heteroatoms. The third-order valence-electron chi connectivity index (χ3n) is 4.12. The van der Waals surface area contributed by atoms with Crippen molar-refractivity contribution in [2.75, 3.05) is 11.5 Å². The van der Waals surface area contributed by atoms with Crippen LogP contribution in [-0.2, 0) is 14.4 Å². The number of hydrogen-bond acceptors (Lipinski definition) is 5. The average Bonchev–Trinajstić information content (AvgIpc) is 2.66. The van der Waals surface area contributed by atoms with E-state index in [9.17, 15) is 14.4 Å². The van der Waals surface area contributed by atoms with Crippen LogP contribution in [0.5, 0.6) is 5.75 Å². The van der Waals surface area contributed by atoms with E-state index in [1.165, 1.54) is 23.1 Å². The summed E-state index contributed by atoms with van der Waals surface area (Å²) in [5.74, 6) is -2.16. The first-order valence-electron chi connectivity index (χ1n) is 8.49. The standard InChI is InChI=1S/C20H14BrClN2O5S/c1-10-6-12(21)3-4-15(10)24-19(28)13(18(27)23-20(24)30)7-11-2-5-16(14(22)8-11)29-9-17(25)26/h2-8H,9H2,1H3,(H,25,26)(H,23,27,30)/b13-7+. The molecule has 0 bridgehead atoms. The maximum absolute atomic E-state index is 13.1. The van der Waals surface area contributed by atoms with Crippen molar-refractivity contribution in [3.8, 4) is 5.75 Å². The summed E-state index contributed by atoms with van der Waals surface area (Å²) in [4.78, 5) is 37.4. The van der Waals surface area contributed by atoms with Gasteiger partial charge < -0.3 is 9.84 Å². The number of aryl methyl sites for hydroxylation is 1. The van der Waals surface area contributed by atoms with Gasteiger partial charge in [0.05, 0.1) is 10.7 Å². The van der Waals surface area contributed by atoms with Crippen molar-refractivity contribution in [2.45, 2.75) is 6.92 Å². The number of halogens is 2. The highest BCUT2D eigenvalue weighted by Crippen LogP contribution is 2.29.